The second-order valence-corrected chi connectivity index (χ2v) is 10.3. The fourth-order valence-electron chi connectivity index (χ4n) is 3.86. The van der Waals surface area contributed by atoms with Gasteiger partial charge in [0.1, 0.15) is 11.9 Å². The lowest BCUT2D eigenvalue weighted by Crippen LogP contribution is -2.50. The Bertz CT molecular complexity index is 976. The maximum absolute atomic E-state index is 12.4. The van der Waals surface area contributed by atoms with Crippen molar-refractivity contribution >= 4 is 33.6 Å². The lowest BCUT2D eigenvalue weighted by molar-refractivity contribution is -0.145. The predicted octanol–water partition coefficient (Wildman–Crippen LogP) is 0.847. The number of carbonyl (C=O) groups is 2. The molecular weight excluding hydrogens is 462 g/mol. The zero-order valence-electron chi connectivity index (χ0n) is 19.7. The van der Waals surface area contributed by atoms with E-state index in [9.17, 15) is 18.0 Å². The first-order valence-electron chi connectivity index (χ1n) is 11.4. The number of ether oxygens (including phenoxy) is 2. The summed E-state index contributed by atoms with van der Waals surface area (Å²) in [7, 11) is -3.53. The Morgan fingerprint density at radius 3 is 2.44 bits per heavy atom. The summed E-state index contributed by atoms with van der Waals surface area (Å²) in [4.78, 5) is 30.1. The first kappa shape index (κ1) is 25.9. The van der Waals surface area contributed by atoms with E-state index in [1.54, 1.807) is 24.3 Å². The molecule has 2 heterocycles. The molecule has 2 N–H and O–H groups in total. The van der Waals surface area contributed by atoms with Gasteiger partial charge in [-0.05, 0) is 30.7 Å². The van der Waals surface area contributed by atoms with Crippen molar-refractivity contribution in [2.45, 2.75) is 25.9 Å². The van der Waals surface area contributed by atoms with Gasteiger partial charge in [-0.15, -0.1) is 0 Å². The monoisotopic (exact) mass is 495 g/mol. The second-order valence-electron chi connectivity index (χ2n) is 8.56. The quantitative estimate of drug-likeness (QED) is 0.211. The summed E-state index contributed by atoms with van der Waals surface area (Å²) in [6, 6.07) is 6.50. The highest BCUT2D eigenvalue weighted by atomic mass is 32.2. The zero-order chi connectivity index (χ0) is 24.7. The van der Waals surface area contributed by atoms with Crippen LogP contribution in [0.25, 0.3) is 0 Å². The van der Waals surface area contributed by atoms with Crippen molar-refractivity contribution in [1.82, 2.24) is 14.5 Å². The largest absolute Gasteiger partial charge is 0.465 e. The van der Waals surface area contributed by atoms with E-state index in [-0.39, 0.29) is 17.9 Å². The van der Waals surface area contributed by atoms with E-state index < -0.39 is 16.1 Å². The van der Waals surface area contributed by atoms with E-state index in [2.05, 4.69) is 21.4 Å². The normalized spacial score (nSPS) is 19.6. The molecule has 1 aromatic rings. The fraction of sp³-hybridized carbons (Fsp3) is 0.591. The van der Waals surface area contributed by atoms with Crippen molar-refractivity contribution in [3.63, 3.8) is 0 Å². The highest BCUT2D eigenvalue weighted by molar-refractivity contribution is 7.89. The average molecular weight is 496 g/mol. The van der Waals surface area contributed by atoms with E-state index >= 15 is 0 Å². The van der Waals surface area contributed by atoms with E-state index in [1.807, 2.05) is 0 Å². The van der Waals surface area contributed by atoms with Crippen LogP contribution in [0.15, 0.2) is 24.3 Å². The number of cyclic esters (lactones) is 1. The van der Waals surface area contributed by atoms with E-state index in [4.69, 9.17) is 14.9 Å². The Balaban J connectivity index is 1.45. The Morgan fingerprint density at radius 2 is 1.82 bits per heavy atom. The van der Waals surface area contributed by atoms with E-state index in [0.29, 0.717) is 37.5 Å². The van der Waals surface area contributed by atoms with Gasteiger partial charge in [0, 0.05) is 44.0 Å². The minimum atomic E-state index is -3.53. The summed E-state index contributed by atoms with van der Waals surface area (Å²) < 4.78 is 35.5. The van der Waals surface area contributed by atoms with Gasteiger partial charge in [0.05, 0.1) is 26.0 Å². The topological polar surface area (TPSA) is 132 Å². The molecule has 0 aliphatic carbocycles. The minimum Gasteiger partial charge on any atom is -0.465 e. The second kappa shape index (κ2) is 11.6. The van der Waals surface area contributed by atoms with Gasteiger partial charge in [-0.25, -0.2) is 13.2 Å². The molecule has 12 heteroatoms. The van der Waals surface area contributed by atoms with Crippen molar-refractivity contribution in [1.29, 1.82) is 5.41 Å². The Hall–Kier alpha value is -2.70. The number of anilines is 1. The first-order valence-corrected chi connectivity index (χ1v) is 13.3. The highest BCUT2D eigenvalue weighted by Gasteiger charge is 2.34. The van der Waals surface area contributed by atoms with Crippen LogP contribution in [-0.2, 0) is 24.3 Å². The zero-order valence-corrected chi connectivity index (χ0v) is 20.5. The first-order chi connectivity index (χ1) is 16.1. The summed E-state index contributed by atoms with van der Waals surface area (Å²) in [5.74, 6) is -0.417. The van der Waals surface area contributed by atoms with Crippen LogP contribution < -0.4 is 9.62 Å². The molecule has 2 aliphatic heterocycles. The number of hydrogen-bond donors (Lipinski definition) is 2. The standard InChI is InChI=1S/C22H33N5O6S/c1-3-4-13-32-20(28)16-26-11-9-25(10-12-26)14-19-15-27(22(29)33-19)18-7-5-17(6-8-18)21(23)24-34(2,30)31/h5-8,19H,3-4,9-16H2,1-2H3,(H2,23,24). The van der Waals surface area contributed by atoms with Crippen LogP contribution in [-0.4, -0.2) is 101 Å². The molecule has 1 aromatic carbocycles. The highest BCUT2D eigenvalue weighted by Crippen LogP contribution is 2.23. The Kier molecular flexibility index (Phi) is 8.86. The number of sulfonamides is 1. The van der Waals surface area contributed by atoms with Crippen molar-refractivity contribution < 1.29 is 27.5 Å². The number of esters is 1. The molecule has 11 nitrogen and oxygen atoms in total. The predicted molar refractivity (Wildman–Crippen MR) is 128 cm³/mol. The van der Waals surface area contributed by atoms with Crippen molar-refractivity contribution in [2.75, 3.05) is 63.6 Å². The van der Waals surface area contributed by atoms with Gasteiger partial charge in [0.15, 0.2) is 0 Å². The molecule has 2 fully saturated rings. The molecule has 2 saturated heterocycles. The number of unbranched alkanes of at least 4 members (excludes halogenated alkanes) is 1. The van der Waals surface area contributed by atoms with Gasteiger partial charge in [-0.1, -0.05) is 13.3 Å². The third-order valence-corrected chi connectivity index (χ3v) is 6.24. The molecule has 0 spiro atoms. The van der Waals surface area contributed by atoms with Crippen molar-refractivity contribution in [3.8, 4) is 0 Å². The van der Waals surface area contributed by atoms with Crippen molar-refractivity contribution in [3.05, 3.63) is 29.8 Å². The molecule has 1 atom stereocenters. The van der Waals surface area contributed by atoms with Crippen LogP contribution in [0.4, 0.5) is 10.5 Å². The number of benzene rings is 1. The number of nitrogens with zero attached hydrogens (tertiary/aromatic N) is 3. The smallest absolute Gasteiger partial charge is 0.414 e. The maximum Gasteiger partial charge on any atom is 0.414 e. The molecule has 3 rings (SSSR count). The average Bonchev–Trinajstić information content (AvgIpc) is 3.14. The third-order valence-electron chi connectivity index (χ3n) is 5.67. The lowest BCUT2D eigenvalue weighted by Gasteiger charge is -2.34. The number of amides is 1. The molecule has 34 heavy (non-hydrogen) atoms. The van der Waals surface area contributed by atoms with Gasteiger partial charge < -0.3 is 9.47 Å². The molecular formula is C22H33N5O6S. The van der Waals surface area contributed by atoms with Crippen LogP contribution in [0.2, 0.25) is 0 Å². The SMILES string of the molecule is CCCCOC(=O)CN1CCN(CC2CN(c3ccc(C(=N)NS(C)(=O)=O)cc3)C(=O)O2)CC1. The van der Waals surface area contributed by atoms with E-state index in [1.165, 1.54) is 4.90 Å². The Labute approximate surface area is 200 Å². The minimum absolute atomic E-state index is 0.185. The fourth-order valence-corrected chi connectivity index (χ4v) is 4.34. The molecule has 188 valence electrons. The van der Waals surface area contributed by atoms with Gasteiger partial charge in [0.2, 0.25) is 10.0 Å². The summed E-state index contributed by atoms with van der Waals surface area (Å²) in [6.45, 7) is 6.90. The number of rotatable bonds is 10. The summed E-state index contributed by atoms with van der Waals surface area (Å²) >= 11 is 0. The summed E-state index contributed by atoms with van der Waals surface area (Å²) in [5, 5.41) is 7.84. The number of hydrogen-bond acceptors (Lipinski definition) is 9. The van der Waals surface area contributed by atoms with Crippen LogP contribution in [0.5, 0.6) is 0 Å². The summed E-state index contributed by atoms with van der Waals surface area (Å²) in [5.41, 5.74) is 1.01. The number of amidine groups is 1. The van der Waals surface area contributed by atoms with Crippen LogP contribution in [0.1, 0.15) is 25.3 Å². The molecule has 1 amide bonds. The lowest BCUT2D eigenvalue weighted by atomic mass is 10.2. The van der Waals surface area contributed by atoms with Gasteiger partial charge >= 0.3 is 12.1 Å². The molecule has 2 aliphatic rings. The maximum atomic E-state index is 12.4. The number of piperazine rings is 1. The van der Waals surface area contributed by atoms with Gasteiger partial charge in [0.25, 0.3) is 0 Å². The molecule has 0 bridgehead atoms. The number of carbonyl (C=O) groups excluding carboxylic acids is 2. The molecule has 0 aromatic heterocycles. The summed E-state index contributed by atoms with van der Waals surface area (Å²) in [6.07, 6.45) is 2.15. The van der Waals surface area contributed by atoms with Crippen LogP contribution in [0, 0.1) is 5.41 Å². The van der Waals surface area contributed by atoms with Crippen molar-refractivity contribution in [2.24, 2.45) is 0 Å². The molecule has 0 radical (unpaired) electrons. The van der Waals surface area contributed by atoms with Gasteiger partial charge in [-0.3, -0.25) is 29.6 Å². The van der Waals surface area contributed by atoms with Crippen LogP contribution >= 0.6 is 0 Å². The molecule has 1 unspecified atom stereocenters. The van der Waals surface area contributed by atoms with E-state index in [0.717, 1.165) is 45.3 Å². The molecule has 0 saturated carbocycles. The van der Waals surface area contributed by atoms with Crippen LogP contribution in [0.3, 0.4) is 0 Å². The Morgan fingerprint density at radius 1 is 1.18 bits per heavy atom. The third kappa shape index (κ3) is 7.67. The number of nitrogens with one attached hydrogen (secondary N) is 2. The van der Waals surface area contributed by atoms with Gasteiger partial charge in [-0.2, -0.15) is 0 Å².